The zero-order valence-corrected chi connectivity index (χ0v) is 10.2. The second-order valence-electron chi connectivity index (χ2n) is 0. The van der Waals surface area contributed by atoms with Gasteiger partial charge in [0.05, 0.1) is 0 Å². The average Bonchev–Trinajstić information content (AvgIpc) is 0. The van der Waals surface area contributed by atoms with Gasteiger partial charge in [-0.05, 0) is 0 Å². The Labute approximate surface area is 82.9 Å². The molecule has 0 N–H and O–H groups in total. The standard InChI is InChI=1S/Mo.3Pt. The van der Waals surface area contributed by atoms with E-state index in [-0.39, 0.29) is 84.3 Å². The molecule has 0 saturated heterocycles. The number of hydrogen-bond acceptors (Lipinski definition) is 0. The SMILES string of the molecule is [Mo].[Pt].[Pt].[Pt]. The van der Waals surface area contributed by atoms with Crippen LogP contribution in [0, 0.1) is 0 Å². The van der Waals surface area contributed by atoms with Crippen molar-refractivity contribution in [1.29, 1.82) is 0 Å². The van der Waals surface area contributed by atoms with Crippen molar-refractivity contribution in [3.05, 3.63) is 0 Å². The van der Waals surface area contributed by atoms with Gasteiger partial charge in [0.2, 0.25) is 0 Å². The molecule has 4 heavy (non-hydrogen) atoms. The van der Waals surface area contributed by atoms with E-state index in [1.165, 1.54) is 0 Å². The molecule has 0 fully saturated rings. The Balaban J connectivity index is 0. The van der Waals surface area contributed by atoms with Gasteiger partial charge in [-0.1, -0.05) is 0 Å². The maximum atomic E-state index is 0. The van der Waals surface area contributed by atoms with Crippen molar-refractivity contribution in [2.24, 2.45) is 0 Å². The Morgan fingerprint density at radius 2 is 0.500 bits per heavy atom. The van der Waals surface area contributed by atoms with E-state index in [4.69, 9.17) is 0 Å². The van der Waals surface area contributed by atoms with Crippen LogP contribution in [-0.2, 0) is 84.3 Å². The summed E-state index contributed by atoms with van der Waals surface area (Å²) in [5.74, 6) is 0. The van der Waals surface area contributed by atoms with Crippen LogP contribution in [0.1, 0.15) is 0 Å². The van der Waals surface area contributed by atoms with E-state index in [9.17, 15) is 0 Å². The Morgan fingerprint density at radius 3 is 0.500 bits per heavy atom. The van der Waals surface area contributed by atoms with Gasteiger partial charge in [-0.2, -0.15) is 0 Å². The van der Waals surface area contributed by atoms with Crippen LogP contribution in [-0.4, -0.2) is 0 Å². The summed E-state index contributed by atoms with van der Waals surface area (Å²) in [4.78, 5) is 0. The maximum absolute atomic E-state index is 0. The second-order valence-corrected chi connectivity index (χ2v) is 0. The van der Waals surface area contributed by atoms with E-state index in [1.807, 2.05) is 0 Å². The normalized spacial score (nSPS) is 0. The predicted octanol–water partition coefficient (Wildman–Crippen LogP) is -0.0100. The van der Waals surface area contributed by atoms with Crippen LogP contribution in [0.4, 0.5) is 0 Å². The summed E-state index contributed by atoms with van der Waals surface area (Å²) in [6, 6.07) is 0. The van der Waals surface area contributed by atoms with Gasteiger partial charge in [0, 0.05) is 84.3 Å². The molecule has 0 spiro atoms. The predicted molar refractivity (Wildman–Crippen MR) is 0 cm³/mol. The summed E-state index contributed by atoms with van der Waals surface area (Å²) in [6.07, 6.45) is 0. The number of rotatable bonds is 0. The van der Waals surface area contributed by atoms with Gasteiger partial charge in [0.15, 0.2) is 0 Å². The van der Waals surface area contributed by atoms with Crippen molar-refractivity contribution in [3.8, 4) is 0 Å². The second kappa shape index (κ2) is 17.1. The first kappa shape index (κ1) is 29.5. The molecule has 0 atom stereocenters. The first-order valence-corrected chi connectivity index (χ1v) is 0. The molecule has 0 heterocycles. The van der Waals surface area contributed by atoms with Crippen LogP contribution in [0.3, 0.4) is 0 Å². The van der Waals surface area contributed by atoms with Crippen molar-refractivity contribution < 1.29 is 84.3 Å². The maximum Gasteiger partial charge on any atom is 0 e. The molecule has 0 aliphatic heterocycles. The quantitative estimate of drug-likeness (QED) is 0.316. The van der Waals surface area contributed by atoms with Gasteiger partial charge < -0.3 is 0 Å². The minimum Gasteiger partial charge on any atom is 0 e. The molecule has 0 radical (unpaired) electrons. The van der Waals surface area contributed by atoms with E-state index < -0.39 is 0 Å². The van der Waals surface area contributed by atoms with Gasteiger partial charge in [0.1, 0.15) is 0 Å². The van der Waals surface area contributed by atoms with Crippen LogP contribution in [0.5, 0.6) is 0 Å². The first-order valence-electron chi connectivity index (χ1n) is 0. The molecule has 0 nitrogen and oxygen atoms in total. The van der Waals surface area contributed by atoms with Crippen LogP contribution >= 0.6 is 0 Å². The zero-order valence-electron chi connectivity index (χ0n) is 1.36. The fourth-order valence-corrected chi connectivity index (χ4v) is 0. The molecule has 0 aromatic carbocycles. The van der Waals surface area contributed by atoms with Crippen LogP contribution in [0.2, 0.25) is 0 Å². The molecule has 0 aromatic heterocycles. The molecular formula is MoPt3. The molecule has 0 aromatic rings. The summed E-state index contributed by atoms with van der Waals surface area (Å²) >= 11 is 0. The molecule has 0 amide bonds. The minimum absolute atomic E-state index is 0. The summed E-state index contributed by atoms with van der Waals surface area (Å²) in [5.41, 5.74) is 0. The third-order valence-electron chi connectivity index (χ3n) is 0. The van der Waals surface area contributed by atoms with E-state index in [0.29, 0.717) is 0 Å². The molecule has 0 aliphatic carbocycles. The van der Waals surface area contributed by atoms with Crippen molar-refractivity contribution >= 4 is 0 Å². The van der Waals surface area contributed by atoms with Crippen LogP contribution in [0.15, 0.2) is 0 Å². The Kier molecular flexibility index (Phi) is 126. The fourth-order valence-electron chi connectivity index (χ4n) is 0. The van der Waals surface area contributed by atoms with E-state index in [1.54, 1.807) is 0 Å². The van der Waals surface area contributed by atoms with E-state index in [2.05, 4.69) is 0 Å². The third-order valence-corrected chi connectivity index (χ3v) is 0. The number of hydrogen-bond donors (Lipinski definition) is 0. The molecule has 4 heteroatoms. The zero-order chi connectivity index (χ0) is 0. The topological polar surface area (TPSA) is 0 Å². The summed E-state index contributed by atoms with van der Waals surface area (Å²) in [5, 5.41) is 0. The summed E-state index contributed by atoms with van der Waals surface area (Å²) < 4.78 is 0. The van der Waals surface area contributed by atoms with Crippen molar-refractivity contribution in [2.45, 2.75) is 0 Å². The van der Waals surface area contributed by atoms with Gasteiger partial charge >= 0.3 is 0 Å². The third kappa shape index (κ3) is 8.83. The Bertz CT molecular complexity index is 3.25. The van der Waals surface area contributed by atoms with Gasteiger partial charge in [0.25, 0.3) is 0 Å². The molecule has 0 aliphatic rings. The Hall–Kier alpha value is 2.75. The fraction of sp³-hybridized carbons (Fsp3) is 0. The molecule has 0 unspecified atom stereocenters. The smallest absolute Gasteiger partial charge is 0 e. The molecule has 36 valence electrons. The van der Waals surface area contributed by atoms with Crippen molar-refractivity contribution in [2.75, 3.05) is 0 Å². The summed E-state index contributed by atoms with van der Waals surface area (Å²) in [6.45, 7) is 0. The molecular weight excluding hydrogens is 681 g/mol. The van der Waals surface area contributed by atoms with E-state index >= 15 is 0 Å². The molecule has 0 bridgehead atoms. The van der Waals surface area contributed by atoms with Gasteiger partial charge in [-0.3, -0.25) is 0 Å². The van der Waals surface area contributed by atoms with Crippen LogP contribution < -0.4 is 0 Å². The van der Waals surface area contributed by atoms with Crippen molar-refractivity contribution in [3.63, 3.8) is 0 Å². The Morgan fingerprint density at radius 1 is 0.500 bits per heavy atom. The van der Waals surface area contributed by atoms with E-state index in [0.717, 1.165) is 0 Å². The summed E-state index contributed by atoms with van der Waals surface area (Å²) in [7, 11) is 0. The first-order chi connectivity index (χ1) is 0. The average molecular weight is 681 g/mol. The molecule has 0 rings (SSSR count). The van der Waals surface area contributed by atoms with Crippen molar-refractivity contribution in [1.82, 2.24) is 0 Å². The van der Waals surface area contributed by atoms with Crippen LogP contribution in [0.25, 0.3) is 0 Å². The monoisotopic (exact) mass is 683 g/mol. The molecule has 0 saturated carbocycles. The minimum atomic E-state index is 0. The van der Waals surface area contributed by atoms with Gasteiger partial charge in [-0.25, -0.2) is 0 Å². The largest absolute Gasteiger partial charge is 0 e. The van der Waals surface area contributed by atoms with Gasteiger partial charge in [-0.15, -0.1) is 0 Å².